The van der Waals surface area contributed by atoms with Crippen molar-refractivity contribution in [2.75, 3.05) is 13.2 Å². The number of imide groups is 1. The molecule has 0 unspecified atom stereocenters. The van der Waals surface area contributed by atoms with Gasteiger partial charge in [0.25, 0.3) is 0 Å². The summed E-state index contributed by atoms with van der Waals surface area (Å²) in [6.45, 7) is 1.51. The molecule has 0 radical (unpaired) electrons. The second kappa shape index (κ2) is 10.3. The lowest BCUT2D eigenvalue weighted by Gasteiger charge is -2.32. The van der Waals surface area contributed by atoms with Crippen LogP contribution >= 0.6 is 11.3 Å². The summed E-state index contributed by atoms with van der Waals surface area (Å²) in [5.74, 6) is -2.17. The van der Waals surface area contributed by atoms with E-state index in [1.165, 1.54) is 11.3 Å². The van der Waals surface area contributed by atoms with Crippen LogP contribution in [0.5, 0.6) is 5.75 Å². The number of amides is 4. The van der Waals surface area contributed by atoms with Gasteiger partial charge in [-0.25, -0.2) is 4.79 Å². The first kappa shape index (κ1) is 27.7. The van der Waals surface area contributed by atoms with E-state index in [0.717, 1.165) is 27.1 Å². The first-order valence-corrected chi connectivity index (χ1v) is 13.5. The normalized spacial score (nSPS) is 18.5. The van der Waals surface area contributed by atoms with Gasteiger partial charge in [-0.1, -0.05) is 18.2 Å². The van der Waals surface area contributed by atoms with E-state index in [1.807, 2.05) is 32.3 Å². The Morgan fingerprint density at radius 1 is 1.23 bits per heavy atom. The molecule has 13 heteroatoms. The molecule has 2 N–H and O–H groups in total. The van der Waals surface area contributed by atoms with E-state index in [1.54, 1.807) is 23.9 Å². The largest absolute Gasteiger partial charge is 0.490 e. The van der Waals surface area contributed by atoms with Gasteiger partial charge in [0.05, 0.1) is 23.5 Å². The molecular weight excluding hydrogens is 547 g/mol. The molecule has 0 bridgehead atoms. The third-order valence-electron chi connectivity index (χ3n) is 7.55. The highest BCUT2D eigenvalue weighted by Gasteiger charge is 2.48. The molecule has 4 amide bonds. The molecular formula is C27H28F3N5O4S. The molecule has 3 heterocycles. The Morgan fingerprint density at radius 3 is 2.62 bits per heavy atom. The van der Waals surface area contributed by atoms with Gasteiger partial charge < -0.3 is 15.4 Å². The molecule has 0 fully saturated rings. The van der Waals surface area contributed by atoms with Crippen LogP contribution in [0, 0.1) is 13.8 Å². The average Bonchev–Trinajstić information content (AvgIpc) is 3.54. The maximum Gasteiger partial charge on any atom is 0.412 e. The minimum absolute atomic E-state index is 0.336. The fourth-order valence-corrected chi connectivity index (χ4v) is 6.45. The summed E-state index contributed by atoms with van der Waals surface area (Å²) in [6.07, 6.45) is -0.264. The topological polar surface area (TPSA) is 111 Å². The number of halogens is 3. The number of aryl methyl sites for hydroxylation is 3. The minimum Gasteiger partial charge on any atom is -0.490 e. The molecule has 1 aliphatic carbocycles. The van der Waals surface area contributed by atoms with Crippen LogP contribution in [0.2, 0.25) is 0 Å². The Morgan fingerprint density at radius 2 is 1.98 bits per heavy atom. The van der Waals surface area contributed by atoms with Crippen molar-refractivity contribution in [1.82, 2.24) is 19.6 Å². The summed E-state index contributed by atoms with van der Waals surface area (Å²) in [5, 5.41) is 4.17. The SMILES string of the molecule is Cc1sc2c(c1C)OC[C@H](C(F)(F)F)N(C(=O)CN(C(N)=O)C(=O)[C@H]1CCc3cc(-c4cnn(C)c4)ccc31)C2. The Balaban J connectivity index is 1.38. The highest BCUT2D eigenvalue weighted by Crippen LogP contribution is 2.40. The number of hydrogen-bond acceptors (Lipinski definition) is 6. The monoisotopic (exact) mass is 575 g/mol. The van der Waals surface area contributed by atoms with Gasteiger partial charge in [-0.3, -0.25) is 19.2 Å². The van der Waals surface area contributed by atoms with Crippen LogP contribution in [-0.4, -0.2) is 62.8 Å². The lowest BCUT2D eigenvalue weighted by Crippen LogP contribution is -2.55. The molecule has 9 nitrogen and oxygen atoms in total. The lowest BCUT2D eigenvalue weighted by molar-refractivity contribution is -0.195. The number of fused-ring (bicyclic) bond motifs is 2. The maximum atomic E-state index is 14.0. The van der Waals surface area contributed by atoms with E-state index < -0.39 is 49.1 Å². The maximum absolute atomic E-state index is 14.0. The van der Waals surface area contributed by atoms with Crippen LogP contribution in [0.1, 0.15) is 38.8 Å². The summed E-state index contributed by atoms with van der Waals surface area (Å²) >= 11 is 1.25. The van der Waals surface area contributed by atoms with Gasteiger partial charge in [-0.05, 0) is 43.4 Å². The van der Waals surface area contributed by atoms with Crippen LogP contribution in [0.15, 0.2) is 30.6 Å². The quantitative estimate of drug-likeness (QED) is 0.505. The van der Waals surface area contributed by atoms with E-state index in [4.69, 9.17) is 10.5 Å². The molecule has 3 aromatic rings. The molecule has 0 spiro atoms. The van der Waals surface area contributed by atoms with Gasteiger partial charge >= 0.3 is 12.2 Å². The van der Waals surface area contributed by atoms with Gasteiger partial charge in [0, 0.05) is 29.2 Å². The average molecular weight is 576 g/mol. The number of hydrogen-bond donors (Lipinski definition) is 1. The number of aromatic nitrogens is 2. The first-order valence-electron chi connectivity index (χ1n) is 12.7. The number of primary amides is 1. The first-order chi connectivity index (χ1) is 18.8. The molecule has 2 atom stereocenters. The zero-order valence-electron chi connectivity index (χ0n) is 22.1. The number of carbonyl (C=O) groups excluding carboxylic acids is 3. The zero-order chi connectivity index (χ0) is 28.9. The number of nitrogens with two attached hydrogens (primary N) is 1. The summed E-state index contributed by atoms with van der Waals surface area (Å²) < 4.78 is 49.2. The van der Waals surface area contributed by atoms with E-state index in [0.29, 0.717) is 38.8 Å². The van der Waals surface area contributed by atoms with Crippen molar-refractivity contribution in [3.8, 4) is 16.9 Å². The number of nitrogens with zero attached hydrogens (tertiary/aromatic N) is 4. The zero-order valence-corrected chi connectivity index (χ0v) is 22.9. The second-order valence-electron chi connectivity index (χ2n) is 10.1. The van der Waals surface area contributed by atoms with Gasteiger partial charge in [-0.2, -0.15) is 18.3 Å². The third-order valence-corrected chi connectivity index (χ3v) is 8.73. The van der Waals surface area contributed by atoms with Crippen molar-refractivity contribution >= 4 is 29.2 Å². The molecule has 40 heavy (non-hydrogen) atoms. The minimum atomic E-state index is -4.79. The standard InChI is InChI=1S/C27H28F3N5O4S/c1-14-15(2)40-21-11-34(22(27(28,29)30)13-39-24(14)21)23(36)12-35(26(31)38)25(37)20-7-5-17-8-16(4-6-19(17)20)18-9-32-33(3)10-18/h4,6,8-10,20,22H,5,7,11-13H2,1-3H3,(H2,31,38)/t20-,22+/m0/s1. The van der Waals surface area contributed by atoms with Crippen LogP contribution in [-0.2, 0) is 29.6 Å². The van der Waals surface area contributed by atoms with Crippen molar-refractivity contribution in [2.24, 2.45) is 12.8 Å². The molecule has 0 saturated heterocycles. The fraction of sp³-hybridized carbons (Fsp3) is 0.407. The number of carbonyl (C=O) groups is 3. The Bertz CT molecular complexity index is 1500. The summed E-state index contributed by atoms with van der Waals surface area (Å²) in [5.41, 5.74) is 9.65. The molecule has 5 rings (SSSR count). The summed E-state index contributed by atoms with van der Waals surface area (Å²) in [6, 6.07) is 2.14. The smallest absolute Gasteiger partial charge is 0.412 e. The third kappa shape index (κ3) is 5.05. The number of urea groups is 1. The molecule has 1 aromatic carbocycles. The second-order valence-corrected chi connectivity index (χ2v) is 11.4. The van der Waals surface area contributed by atoms with Crippen LogP contribution in [0.4, 0.5) is 18.0 Å². The summed E-state index contributed by atoms with van der Waals surface area (Å²) in [7, 11) is 1.81. The van der Waals surface area contributed by atoms with Crippen LogP contribution in [0.3, 0.4) is 0 Å². The van der Waals surface area contributed by atoms with E-state index >= 15 is 0 Å². The molecule has 0 saturated carbocycles. The van der Waals surface area contributed by atoms with Gasteiger partial charge in [0.2, 0.25) is 11.8 Å². The predicted molar refractivity (Wildman–Crippen MR) is 141 cm³/mol. The number of rotatable bonds is 4. The van der Waals surface area contributed by atoms with E-state index in [-0.39, 0.29) is 6.54 Å². The van der Waals surface area contributed by atoms with Gasteiger partial charge in [-0.15, -0.1) is 11.3 Å². The Kier molecular flexibility index (Phi) is 7.11. The Labute approximate surface area is 232 Å². The molecule has 1 aliphatic heterocycles. The number of alkyl halides is 3. The van der Waals surface area contributed by atoms with Crippen molar-refractivity contribution < 1.29 is 32.3 Å². The molecule has 2 aromatic heterocycles. The number of benzene rings is 1. The van der Waals surface area contributed by atoms with E-state index in [2.05, 4.69) is 5.10 Å². The van der Waals surface area contributed by atoms with Gasteiger partial charge in [0.1, 0.15) is 18.9 Å². The predicted octanol–water partition coefficient (Wildman–Crippen LogP) is 4.05. The van der Waals surface area contributed by atoms with E-state index in [9.17, 15) is 27.6 Å². The highest BCUT2D eigenvalue weighted by molar-refractivity contribution is 7.12. The Hall–Kier alpha value is -3.87. The lowest BCUT2D eigenvalue weighted by atomic mass is 9.97. The fourth-order valence-electron chi connectivity index (χ4n) is 5.32. The number of thiophene rings is 1. The number of ether oxygens (including phenoxy) is 1. The van der Waals surface area contributed by atoms with Crippen LogP contribution in [0.25, 0.3) is 11.1 Å². The van der Waals surface area contributed by atoms with Crippen molar-refractivity contribution in [2.45, 2.75) is 51.4 Å². The van der Waals surface area contributed by atoms with Crippen molar-refractivity contribution in [3.63, 3.8) is 0 Å². The van der Waals surface area contributed by atoms with Crippen molar-refractivity contribution in [3.05, 3.63) is 57.0 Å². The van der Waals surface area contributed by atoms with Crippen molar-refractivity contribution in [1.29, 1.82) is 0 Å². The molecule has 212 valence electrons. The van der Waals surface area contributed by atoms with Gasteiger partial charge in [0.15, 0.2) is 6.04 Å². The van der Waals surface area contributed by atoms with Crippen LogP contribution < -0.4 is 10.5 Å². The summed E-state index contributed by atoms with van der Waals surface area (Å²) in [4.78, 5) is 41.8. The molecule has 2 aliphatic rings. The highest BCUT2D eigenvalue weighted by atomic mass is 32.1.